The lowest BCUT2D eigenvalue weighted by molar-refractivity contribution is -0.141. The molecule has 0 bridgehead atoms. The van der Waals surface area contributed by atoms with Crippen molar-refractivity contribution in [1.29, 1.82) is 0 Å². The largest absolute Gasteiger partial charge is 0.493 e. The van der Waals surface area contributed by atoms with E-state index in [0.717, 1.165) is 11.1 Å². The molecule has 10 nitrogen and oxygen atoms in total. The number of carbonyl (C=O) groups excluding carboxylic acids is 1. The van der Waals surface area contributed by atoms with E-state index in [1.807, 2.05) is 18.2 Å². The number of hydrogen-bond acceptors (Lipinski definition) is 9. The summed E-state index contributed by atoms with van der Waals surface area (Å²) in [5, 5.41) is 11.0. The molecule has 1 saturated heterocycles. The second-order valence-electron chi connectivity index (χ2n) is 7.94. The predicted molar refractivity (Wildman–Crippen MR) is 135 cm³/mol. The van der Waals surface area contributed by atoms with Gasteiger partial charge in [0.15, 0.2) is 28.1 Å². The van der Waals surface area contributed by atoms with Crippen LogP contribution in [0.1, 0.15) is 28.7 Å². The number of ether oxygens (including phenoxy) is 6. The van der Waals surface area contributed by atoms with E-state index in [1.165, 1.54) is 7.11 Å². The molecule has 0 unspecified atom stereocenters. The summed E-state index contributed by atoms with van der Waals surface area (Å²) in [7, 11) is 4.63. The van der Waals surface area contributed by atoms with Gasteiger partial charge in [-0.2, -0.15) is 0 Å². The van der Waals surface area contributed by atoms with E-state index < -0.39 is 12.0 Å². The van der Waals surface area contributed by atoms with Gasteiger partial charge in [-0.05, 0) is 53.2 Å². The first-order valence-electron chi connectivity index (χ1n) is 10.4. The Balaban J connectivity index is 0.000000638. The van der Waals surface area contributed by atoms with Gasteiger partial charge >= 0.3 is 5.97 Å². The van der Waals surface area contributed by atoms with Crippen molar-refractivity contribution < 1.29 is 38.3 Å². The molecule has 5 rings (SSSR count). The zero-order valence-electron chi connectivity index (χ0n) is 19.3. The number of aliphatic hydroxyl groups excluding tert-OH is 1. The molecule has 5 N–H and O–H groups in total. The molecule has 2 aromatic rings. The number of methoxy groups -OCH3 is 3. The number of benzene rings is 2. The molecule has 0 amide bonds. The van der Waals surface area contributed by atoms with Gasteiger partial charge in [-0.1, -0.05) is 0 Å². The highest BCUT2D eigenvalue weighted by Gasteiger charge is 2.52. The molecule has 0 saturated carbocycles. The van der Waals surface area contributed by atoms with Gasteiger partial charge in [-0.3, -0.25) is 4.79 Å². The number of cyclic esters (lactones) is 1. The third-order valence-corrected chi connectivity index (χ3v) is 6.19. The number of aliphatic hydroxyl groups is 1. The quantitative estimate of drug-likeness (QED) is 0.367. The van der Waals surface area contributed by atoms with Crippen LogP contribution in [0.2, 0.25) is 0 Å². The first kappa shape index (κ1) is 26.6. The predicted octanol–water partition coefficient (Wildman–Crippen LogP) is 2.18. The summed E-state index contributed by atoms with van der Waals surface area (Å²) in [6.07, 6.45) is -0.843. The molecule has 2 aromatic carbocycles. The molecule has 190 valence electrons. The van der Waals surface area contributed by atoms with E-state index in [4.69, 9.17) is 28.4 Å². The molecular formula is C23H27BrN2O8S. The minimum Gasteiger partial charge on any atom is -0.493 e. The Hall–Kier alpha value is -2.96. The minimum absolute atomic E-state index is 0. The van der Waals surface area contributed by atoms with Crippen LogP contribution >= 0.6 is 29.2 Å². The number of hydrogen-bond donors (Lipinski definition) is 3. The molecule has 1 fully saturated rings. The van der Waals surface area contributed by atoms with Crippen LogP contribution in [0, 0.1) is 11.8 Å². The van der Waals surface area contributed by atoms with Gasteiger partial charge in [0.1, 0.15) is 0 Å². The molecular weight excluding hydrogens is 544 g/mol. The Morgan fingerprint density at radius 3 is 2.03 bits per heavy atom. The monoisotopic (exact) mass is 570 g/mol. The number of carbonyl (C=O) groups is 1. The second-order valence-corrected chi connectivity index (χ2v) is 8.41. The number of thiocarbonyl (C=S) groups is 1. The minimum atomic E-state index is -0.843. The van der Waals surface area contributed by atoms with E-state index in [2.05, 4.69) is 23.7 Å². The fourth-order valence-electron chi connectivity index (χ4n) is 4.81. The standard InChI is InChI=1S/C22H22O8.CH4N2S.BrH/c1-25-16-4-10(5-17(26-2)21(16)27-3)18-11-6-14-15(30-9-29-14)7-12(11)20(23)13-8-28-22(24)19(13)18;2-1(3)4;/h4-7,13,18-20,23H,8-9H2,1-3H3;(H4,2,3,4);1H/t13-,18+,19-,20+;;/m0../s1. The lowest BCUT2D eigenvalue weighted by atomic mass is 9.66. The summed E-state index contributed by atoms with van der Waals surface area (Å²) >= 11 is 4.09. The zero-order chi connectivity index (χ0) is 24.6. The lowest BCUT2D eigenvalue weighted by Gasteiger charge is -2.37. The van der Waals surface area contributed by atoms with Gasteiger partial charge in [-0.25, -0.2) is 0 Å². The number of rotatable bonds is 4. The Kier molecular flexibility index (Phi) is 8.18. The highest BCUT2D eigenvalue weighted by Crippen LogP contribution is 2.55. The summed E-state index contributed by atoms with van der Waals surface area (Å²) in [6.45, 7) is 0.289. The molecule has 4 atom stereocenters. The summed E-state index contributed by atoms with van der Waals surface area (Å²) in [4.78, 5) is 12.7. The van der Waals surface area contributed by atoms with Crippen LogP contribution in [0.5, 0.6) is 28.7 Å². The smallest absolute Gasteiger partial charge is 0.310 e. The molecule has 1 aliphatic carbocycles. The van der Waals surface area contributed by atoms with Crippen molar-refractivity contribution in [2.75, 3.05) is 34.7 Å². The van der Waals surface area contributed by atoms with Crippen molar-refractivity contribution in [3.05, 3.63) is 41.0 Å². The van der Waals surface area contributed by atoms with E-state index in [9.17, 15) is 9.90 Å². The summed E-state index contributed by atoms with van der Waals surface area (Å²) in [5.74, 6) is 0.989. The van der Waals surface area contributed by atoms with Gasteiger partial charge in [0, 0.05) is 11.8 Å². The van der Waals surface area contributed by atoms with Crippen molar-refractivity contribution in [1.82, 2.24) is 0 Å². The Morgan fingerprint density at radius 2 is 1.51 bits per heavy atom. The summed E-state index contributed by atoms with van der Waals surface area (Å²) in [5.41, 5.74) is 11.5. The van der Waals surface area contributed by atoms with E-state index in [1.54, 1.807) is 20.3 Å². The van der Waals surface area contributed by atoms with Crippen molar-refractivity contribution >= 4 is 40.3 Å². The maximum atomic E-state index is 12.7. The molecule has 2 aliphatic heterocycles. The lowest BCUT2D eigenvalue weighted by Crippen LogP contribution is -2.34. The molecule has 0 spiro atoms. The zero-order valence-corrected chi connectivity index (χ0v) is 21.8. The van der Waals surface area contributed by atoms with Gasteiger partial charge in [-0.15, -0.1) is 17.0 Å². The number of esters is 1. The number of halogens is 1. The van der Waals surface area contributed by atoms with Crippen LogP contribution in [-0.2, 0) is 9.53 Å². The second kappa shape index (κ2) is 10.8. The van der Waals surface area contributed by atoms with Gasteiger partial charge in [0.05, 0.1) is 40.0 Å². The van der Waals surface area contributed by atoms with Crippen LogP contribution in [0.3, 0.4) is 0 Å². The summed E-state index contributed by atoms with van der Waals surface area (Å²) < 4.78 is 32.9. The first-order chi connectivity index (χ1) is 16.3. The Morgan fingerprint density at radius 1 is 0.971 bits per heavy atom. The van der Waals surface area contributed by atoms with Crippen LogP contribution in [0.15, 0.2) is 24.3 Å². The third kappa shape index (κ3) is 4.78. The maximum absolute atomic E-state index is 12.7. The Bertz CT molecular complexity index is 1100. The van der Waals surface area contributed by atoms with Crippen LogP contribution < -0.4 is 35.2 Å². The van der Waals surface area contributed by atoms with E-state index >= 15 is 0 Å². The number of fused-ring (bicyclic) bond motifs is 3. The van der Waals surface area contributed by atoms with Crippen LogP contribution in [0.25, 0.3) is 0 Å². The highest BCUT2D eigenvalue weighted by atomic mass is 79.9. The molecule has 0 aromatic heterocycles. The highest BCUT2D eigenvalue weighted by molar-refractivity contribution is 8.93. The topological polar surface area (TPSA) is 145 Å². The van der Waals surface area contributed by atoms with E-state index in [-0.39, 0.29) is 53.3 Å². The van der Waals surface area contributed by atoms with Crippen molar-refractivity contribution in [2.45, 2.75) is 12.0 Å². The average Bonchev–Trinajstić information content (AvgIpc) is 3.43. The summed E-state index contributed by atoms with van der Waals surface area (Å²) in [6, 6.07) is 7.31. The SMILES string of the molecule is Br.COc1cc([C@@H]2c3cc4c(cc3[C@@H](O)[C@H]3COC(=O)[C@H]23)OCO4)cc(OC)c1OC.NC(N)=S. The molecule has 3 aliphatic rings. The fraction of sp³-hybridized carbons (Fsp3) is 0.391. The molecule has 0 radical (unpaired) electrons. The third-order valence-electron chi connectivity index (χ3n) is 6.19. The maximum Gasteiger partial charge on any atom is 0.310 e. The molecule has 12 heteroatoms. The first-order valence-corrected chi connectivity index (χ1v) is 10.8. The Labute approximate surface area is 218 Å². The van der Waals surface area contributed by atoms with Gasteiger partial charge in [0.2, 0.25) is 12.5 Å². The average molecular weight is 571 g/mol. The van der Waals surface area contributed by atoms with Crippen molar-refractivity contribution in [3.8, 4) is 28.7 Å². The molecule has 2 heterocycles. The van der Waals surface area contributed by atoms with Gasteiger partial charge < -0.3 is 45.0 Å². The number of nitrogens with two attached hydrogens (primary N) is 2. The van der Waals surface area contributed by atoms with E-state index in [0.29, 0.717) is 34.3 Å². The fourth-order valence-corrected chi connectivity index (χ4v) is 4.81. The van der Waals surface area contributed by atoms with Crippen molar-refractivity contribution in [3.63, 3.8) is 0 Å². The van der Waals surface area contributed by atoms with Crippen LogP contribution in [0.4, 0.5) is 0 Å². The normalized spacial score (nSPS) is 22.9. The molecule has 35 heavy (non-hydrogen) atoms. The van der Waals surface area contributed by atoms with Gasteiger partial charge in [0.25, 0.3) is 0 Å². The van der Waals surface area contributed by atoms with Crippen molar-refractivity contribution in [2.24, 2.45) is 23.3 Å². The van der Waals surface area contributed by atoms with Crippen LogP contribution in [-0.4, -0.2) is 50.9 Å².